The number of hydrogen-bond acceptors (Lipinski definition) is 5. The summed E-state index contributed by atoms with van der Waals surface area (Å²) in [5.41, 5.74) is 5.91. The molecule has 0 spiro atoms. The van der Waals surface area contributed by atoms with Crippen molar-refractivity contribution in [3.8, 4) is 27.5 Å². The molecule has 0 fully saturated rings. The van der Waals surface area contributed by atoms with Crippen LogP contribution in [0.2, 0.25) is 10.0 Å². The molecule has 0 radical (unpaired) electrons. The minimum atomic E-state index is 0.424. The Bertz CT molecular complexity index is 1220. The monoisotopic (exact) mass is 477 g/mol. The van der Waals surface area contributed by atoms with E-state index in [4.69, 9.17) is 33.3 Å². The summed E-state index contributed by atoms with van der Waals surface area (Å²) >= 11 is 15.8. The predicted octanol–water partition coefficient (Wildman–Crippen LogP) is 6.82. The summed E-state index contributed by atoms with van der Waals surface area (Å²) in [6, 6.07) is 5.63. The molecule has 0 saturated heterocycles. The van der Waals surface area contributed by atoms with Crippen LogP contribution in [0.4, 0.5) is 0 Å². The maximum Gasteiger partial charge on any atom is 0.211 e. The van der Waals surface area contributed by atoms with Crippen LogP contribution in [0.5, 0.6) is 0 Å². The molecule has 1 aromatic carbocycles. The molecule has 4 rings (SSSR count). The standard InChI is InChI=1S/C21H21Cl2N5S2/c1-11(2)29-20-19(14-6-7-17(22)18(23)8-14)24-21(30-20)28-10-16(13(4)26-28)15-9-27(5)25-12(15)3/h6-11H,1-5H3. The Morgan fingerprint density at radius 3 is 2.33 bits per heavy atom. The van der Waals surface area contributed by atoms with Gasteiger partial charge in [-0.2, -0.15) is 10.2 Å². The van der Waals surface area contributed by atoms with Gasteiger partial charge in [0.25, 0.3) is 0 Å². The maximum absolute atomic E-state index is 6.27. The number of aryl methyl sites for hydroxylation is 3. The van der Waals surface area contributed by atoms with Gasteiger partial charge < -0.3 is 0 Å². The largest absolute Gasteiger partial charge is 0.275 e. The minimum absolute atomic E-state index is 0.424. The van der Waals surface area contributed by atoms with Crippen LogP contribution in [-0.2, 0) is 7.05 Å². The number of thiazole rings is 1. The van der Waals surface area contributed by atoms with E-state index in [0.717, 1.165) is 43.1 Å². The Morgan fingerprint density at radius 1 is 1.00 bits per heavy atom. The average Bonchev–Trinajstić information content (AvgIpc) is 3.34. The van der Waals surface area contributed by atoms with E-state index in [9.17, 15) is 0 Å². The third kappa shape index (κ3) is 4.17. The smallest absolute Gasteiger partial charge is 0.211 e. The lowest BCUT2D eigenvalue weighted by Crippen LogP contribution is -1.94. The summed E-state index contributed by atoms with van der Waals surface area (Å²) < 4.78 is 4.81. The molecular weight excluding hydrogens is 457 g/mol. The van der Waals surface area contributed by atoms with Crippen molar-refractivity contribution >= 4 is 46.3 Å². The highest BCUT2D eigenvalue weighted by atomic mass is 35.5. The zero-order chi connectivity index (χ0) is 21.6. The van der Waals surface area contributed by atoms with Gasteiger partial charge in [0.05, 0.1) is 31.3 Å². The van der Waals surface area contributed by atoms with E-state index in [1.807, 2.05) is 60.9 Å². The summed E-state index contributed by atoms with van der Waals surface area (Å²) in [6.45, 7) is 8.36. The molecule has 9 heteroatoms. The van der Waals surface area contributed by atoms with E-state index in [2.05, 4.69) is 18.9 Å². The molecule has 0 aliphatic heterocycles. The SMILES string of the molecule is Cc1nn(C)cc1-c1cn(-c2nc(-c3ccc(Cl)c(Cl)c3)c(SC(C)C)s2)nc1C. The summed E-state index contributed by atoms with van der Waals surface area (Å²) in [4.78, 5) is 4.93. The van der Waals surface area contributed by atoms with Crippen LogP contribution >= 0.6 is 46.3 Å². The fourth-order valence-corrected chi connectivity index (χ4v) is 5.94. The molecule has 0 atom stereocenters. The molecule has 3 heterocycles. The van der Waals surface area contributed by atoms with Crippen LogP contribution in [0.1, 0.15) is 25.2 Å². The first-order valence-corrected chi connectivity index (χ1v) is 11.9. The Balaban J connectivity index is 1.80. The molecular formula is C21H21Cl2N5S2. The number of halogens is 2. The van der Waals surface area contributed by atoms with E-state index < -0.39 is 0 Å². The van der Waals surface area contributed by atoms with Crippen LogP contribution in [-0.4, -0.2) is 29.8 Å². The molecule has 0 aliphatic carbocycles. The van der Waals surface area contributed by atoms with E-state index in [1.54, 1.807) is 23.1 Å². The zero-order valence-electron chi connectivity index (χ0n) is 17.3. The van der Waals surface area contributed by atoms with Gasteiger partial charge in [-0.1, -0.05) is 54.5 Å². The van der Waals surface area contributed by atoms with Gasteiger partial charge in [0.2, 0.25) is 5.13 Å². The van der Waals surface area contributed by atoms with Gasteiger partial charge in [-0.15, -0.1) is 11.8 Å². The Hall–Kier alpha value is -1.80. The second-order valence-electron chi connectivity index (χ2n) is 7.30. The fourth-order valence-electron chi connectivity index (χ4n) is 3.20. The second kappa shape index (κ2) is 8.38. The van der Waals surface area contributed by atoms with Gasteiger partial charge in [0.15, 0.2) is 0 Å². The van der Waals surface area contributed by atoms with E-state index in [-0.39, 0.29) is 0 Å². The number of aromatic nitrogens is 5. The van der Waals surface area contributed by atoms with Gasteiger partial charge in [0.1, 0.15) is 0 Å². The third-order valence-corrected chi connectivity index (χ3v) is 7.52. The summed E-state index contributed by atoms with van der Waals surface area (Å²) in [5.74, 6) is 0. The van der Waals surface area contributed by atoms with Crippen molar-refractivity contribution in [1.82, 2.24) is 24.5 Å². The number of thioether (sulfide) groups is 1. The van der Waals surface area contributed by atoms with Crippen LogP contribution in [0, 0.1) is 13.8 Å². The molecule has 0 unspecified atom stereocenters. The normalized spacial score (nSPS) is 11.6. The molecule has 0 bridgehead atoms. The van der Waals surface area contributed by atoms with E-state index >= 15 is 0 Å². The number of hydrogen-bond donors (Lipinski definition) is 0. The van der Waals surface area contributed by atoms with Gasteiger partial charge in [0, 0.05) is 41.4 Å². The molecule has 4 aromatic rings. The summed E-state index contributed by atoms with van der Waals surface area (Å²) in [7, 11) is 1.93. The first kappa shape index (κ1) is 21.4. The summed E-state index contributed by atoms with van der Waals surface area (Å²) in [6.07, 6.45) is 4.05. The van der Waals surface area contributed by atoms with Crippen molar-refractivity contribution in [1.29, 1.82) is 0 Å². The zero-order valence-corrected chi connectivity index (χ0v) is 20.4. The Kier molecular flexibility index (Phi) is 5.99. The highest BCUT2D eigenvalue weighted by Gasteiger charge is 2.20. The maximum atomic E-state index is 6.27. The van der Waals surface area contributed by atoms with Crippen LogP contribution in [0.15, 0.2) is 34.8 Å². The van der Waals surface area contributed by atoms with Crippen molar-refractivity contribution in [3.63, 3.8) is 0 Å². The van der Waals surface area contributed by atoms with Crippen LogP contribution in [0.25, 0.3) is 27.5 Å². The number of nitrogens with zero attached hydrogens (tertiary/aromatic N) is 5. The lowest BCUT2D eigenvalue weighted by atomic mass is 10.1. The quantitative estimate of drug-likeness (QED) is 0.295. The highest BCUT2D eigenvalue weighted by molar-refractivity contribution is 8.01. The van der Waals surface area contributed by atoms with Crippen LogP contribution in [0.3, 0.4) is 0 Å². The molecule has 3 aromatic heterocycles. The van der Waals surface area contributed by atoms with Gasteiger partial charge in [-0.05, 0) is 26.0 Å². The Labute approximate surface area is 194 Å². The van der Waals surface area contributed by atoms with Gasteiger partial charge in [-0.25, -0.2) is 9.67 Å². The Morgan fingerprint density at radius 2 is 1.70 bits per heavy atom. The molecule has 0 amide bonds. The topological polar surface area (TPSA) is 48.5 Å². The molecule has 0 saturated carbocycles. The molecule has 5 nitrogen and oxygen atoms in total. The van der Waals surface area contributed by atoms with Gasteiger partial charge in [-0.3, -0.25) is 4.68 Å². The highest BCUT2D eigenvalue weighted by Crippen LogP contribution is 2.41. The predicted molar refractivity (Wildman–Crippen MR) is 127 cm³/mol. The van der Waals surface area contributed by atoms with Gasteiger partial charge >= 0.3 is 0 Å². The van der Waals surface area contributed by atoms with Crippen LogP contribution < -0.4 is 0 Å². The van der Waals surface area contributed by atoms with Crippen molar-refractivity contribution in [2.45, 2.75) is 37.2 Å². The molecule has 30 heavy (non-hydrogen) atoms. The second-order valence-corrected chi connectivity index (χ2v) is 10.9. The first-order valence-electron chi connectivity index (χ1n) is 9.43. The minimum Gasteiger partial charge on any atom is -0.275 e. The van der Waals surface area contributed by atoms with Crippen molar-refractivity contribution < 1.29 is 0 Å². The molecule has 156 valence electrons. The molecule has 0 aliphatic rings. The van der Waals surface area contributed by atoms with Crippen molar-refractivity contribution in [3.05, 3.63) is 52.0 Å². The lowest BCUT2D eigenvalue weighted by Gasteiger charge is -2.05. The average molecular weight is 478 g/mol. The fraction of sp³-hybridized carbons (Fsp3) is 0.286. The van der Waals surface area contributed by atoms with E-state index in [1.165, 1.54) is 0 Å². The van der Waals surface area contributed by atoms with E-state index in [0.29, 0.717) is 15.3 Å². The third-order valence-electron chi connectivity index (χ3n) is 4.52. The molecule has 0 N–H and O–H groups in total. The number of benzene rings is 1. The lowest BCUT2D eigenvalue weighted by molar-refractivity contribution is 0.756. The van der Waals surface area contributed by atoms with Crippen molar-refractivity contribution in [2.24, 2.45) is 7.05 Å². The summed E-state index contributed by atoms with van der Waals surface area (Å²) in [5, 5.41) is 11.5. The first-order chi connectivity index (χ1) is 14.2. The number of rotatable bonds is 5. The van der Waals surface area contributed by atoms with Crippen molar-refractivity contribution in [2.75, 3.05) is 0 Å².